The minimum Gasteiger partial charge on any atom is -0.359 e. The van der Waals surface area contributed by atoms with E-state index < -0.39 is 6.03 Å². The van der Waals surface area contributed by atoms with Gasteiger partial charge in [-0.2, -0.15) is 0 Å². The van der Waals surface area contributed by atoms with Crippen LogP contribution in [0.25, 0.3) is 10.9 Å². The van der Waals surface area contributed by atoms with E-state index in [9.17, 15) is 14.4 Å². The van der Waals surface area contributed by atoms with Gasteiger partial charge < -0.3 is 4.98 Å². The summed E-state index contributed by atoms with van der Waals surface area (Å²) in [4.78, 5) is 38.5. The highest BCUT2D eigenvalue weighted by atomic mass is 16.2. The van der Waals surface area contributed by atoms with Gasteiger partial charge in [0.25, 0.3) is 0 Å². The molecule has 1 aliphatic rings. The predicted molar refractivity (Wildman–Crippen MR) is 69.2 cm³/mol. The number of carbonyl (C=O) groups is 3. The normalized spacial score (nSPS) is 15.7. The van der Waals surface area contributed by atoms with Crippen LogP contribution in [-0.2, 0) is 4.79 Å². The van der Waals surface area contributed by atoms with Crippen LogP contribution in [0, 0.1) is 0 Å². The van der Waals surface area contributed by atoms with Crippen molar-refractivity contribution in [1.82, 2.24) is 10.3 Å². The lowest BCUT2D eigenvalue weighted by Crippen LogP contribution is -2.49. The molecule has 0 aliphatic carbocycles. The fraction of sp³-hybridized carbons (Fsp3) is 0.154. The standard InChI is InChI=1S/C13H11N3O3/c17-7-8-1-2-10(12-9(8)3-5-14-12)16-6-4-11(18)15-13(16)19/h1-3,5,7,14H,4,6H2,(H,15,18,19). The van der Waals surface area contributed by atoms with Crippen LogP contribution < -0.4 is 10.2 Å². The summed E-state index contributed by atoms with van der Waals surface area (Å²) in [7, 11) is 0. The summed E-state index contributed by atoms with van der Waals surface area (Å²) in [6, 6.07) is 4.72. The van der Waals surface area contributed by atoms with Gasteiger partial charge >= 0.3 is 6.03 Å². The van der Waals surface area contributed by atoms with Gasteiger partial charge in [0.1, 0.15) is 0 Å². The number of benzene rings is 1. The van der Waals surface area contributed by atoms with Crippen LogP contribution >= 0.6 is 0 Å². The number of imide groups is 1. The van der Waals surface area contributed by atoms with Crippen molar-refractivity contribution in [3.8, 4) is 0 Å². The summed E-state index contributed by atoms with van der Waals surface area (Å²) in [6.45, 7) is 0.333. The Morgan fingerprint density at radius 3 is 2.79 bits per heavy atom. The SMILES string of the molecule is O=Cc1ccc(N2CCC(=O)NC2=O)c2[nH]ccc12. The Morgan fingerprint density at radius 1 is 1.21 bits per heavy atom. The molecule has 6 heteroatoms. The average molecular weight is 257 g/mol. The Kier molecular flexibility index (Phi) is 2.56. The maximum absolute atomic E-state index is 11.8. The molecular formula is C13H11N3O3. The second-order valence-corrected chi connectivity index (χ2v) is 4.31. The van der Waals surface area contributed by atoms with Gasteiger partial charge in [0, 0.05) is 30.1 Å². The van der Waals surface area contributed by atoms with Gasteiger partial charge in [-0.1, -0.05) is 0 Å². The van der Waals surface area contributed by atoms with E-state index in [2.05, 4.69) is 10.3 Å². The minimum atomic E-state index is -0.439. The lowest BCUT2D eigenvalue weighted by atomic mass is 10.1. The zero-order chi connectivity index (χ0) is 13.4. The molecule has 0 atom stereocenters. The van der Waals surface area contributed by atoms with Crippen LogP contribution in [0.4, 0.5) is 10.5 Å². The minimum absolute atomic E-state index is 0.267. The summed E-state index contributed by atoms with van der Waals surface area (Å²) in [5.41, 5.74) is 1.94. The zero-order valence-electron chi connectivity index (χ0n) is 9.97. The van der Waals surface area contributed by atoms with E-state index in [1.807, 2.05) is 0 Å². The Labute approximate surface area is 108 Å². The highest BCUT2D eigenvalue weighted by molar-refractivity contribution is 6.11. The fourth-order valence-corrected chi connectivity index (χ4v) is 2.29. The van der Waals surface area contributed by atoms with E-state index in [1.54, 1.807) is 24.4 Å². The molecule has 1 saturated heterocycles. The summed E-state index contributed by atoms with van der Waals surface area (Å²) in [5.74, 6) is -0.270. The third-order valence-corrected chi connectivity index (χ3v) is 3.21. The molecule has 0 unspecified atom stereocenters. The molecule has 1 aromatic heterocycles. The number of hydrogen-bond donors (Lipinski definition) is 2. The number of aromatic nitrogens is 1. The molecule has 1 fully saturated rings. The largest absolute Gasteiger partial charge is 0.359 e. The molecule has 0 spiro atoms. The molecule has 2 N–H and O–H groups in total. The molecule has 6 nitrogen and oxygen atoms in total. The Morgan fingerprint density at radius 2 is 2.05 bits per heavy atom. The van der Waals surface area contributed by atoms with Gasteiger partial charge in [-0.05, 0) is 18.2 Å². The molecule has 3 rings (SSSR count). The van der Waals surface area contributed by atoms with Crippen molar-refractivity contribution in [3.05, 3.63) is 30.0 Å². The molecule has 3 amide bonds. The fourth-order valence-electron chi connectivity index (χ4n) is 2.29. The van der Waals surface area contributed by atoms with Crippen LogP contribution in [-0.4, -0.2) is 29.8 Å². The van der Waals surface area contributed by atoms with Gasteiger partial charge in [-0.3, -0.25) is 19.8 Å². The molecular weight excluding hydrogens is 246 g/mol. The van der Waals surface area contributed by atoms with Crippen molar-refractivity contribution in [2.45, 2.75) is 6.42 Å². The number of H-pyrrole nitrogens is 1. The number of hydrogen-bond acceptors (Lipinski definition) is 3. The molecule has 19 heavy (non-hydrogen) atoms. The third kappa shape index (κ3) is 1.77. The lowest BCUT2D eigenvalue weighted by molar-refractivity contribution is -0.120. The summed E-state index contributed by atoms with van der Waals surface area (Å²) in [6.07, 6.45) is 2.76. The molecule has 0 bridgehead atoms. The number of nitrogens with one attached hydrogen (secondary N) is 2. The van der Waals surface area contributed by atoms with Crippen molar-refractivity contribution in [2.75, 3.05) is 11.4 Å². The van der Waals surface area contributed by atoms with Gasteiger partial charge in [-0.15, -0.1) is 0 Å². The Balaban J connectivity index is 2.11. The maximum atomic E-state index is 11.8. The van der Waals surface area contributed by atoms with E-state index in [4.69, 9.17) is 0 Å². The van der Waals surface area contributed by atoms with Crippen LogP contribution in [0.5, 0.6) is 0 Å². The van der Waals surface area contributed by atoms with Crippen LogP contribution in [0.1, 0.15) is 16.8 Å². The highest BCUT2D eigenvalue weighted by Gasteiger charge is 2.26. The quantitative estimate of drug-likeness (QED) is 0.798. The molecule has 1 aliphatic heterocycles. The van der Waals surface area contributed by atoms with Gasteiger partial charge in [0.05, 0.1) is 11.2 Å². The van der Waals surface area contributed by atoms with Crippen molar-refractivity contribution < 1.29 is 14.4 Å². The van der Waals surface area contributed by atoms with Gasteiger partial charge in [0.2, 0.25) is 5.91 Å². The summed E-state index contributed by atoms with van der Waals surface area (Å²) >= 11 is 0. The first kappa shape index (κ1) is 11.5. The van der Waals surface area contributed by atoms with E-state index in [-0.39, 0.29) is 12.3 Å². The number of anilines is 1. The van der Waals surface area contributed by atoms with Gasteiger partial charge in [0.15, 0.2) is 6.29 Å². The maximum Gasteiger partial charge on any atom is 0.328 e. The molecule has 0 saturated carbocycles. The summed E-state index contributed by atoms with van der Waals surface area (Å²) in [5, 5.41) is 3.04. The van der Waals surface area contributed by atoms with Crippen molar-refractivity contribution in [1.29, 1.82) is 0 Å². The number of aldehydes is 1. The first-order chi connectivity index (χ1) is 9.20. The monoisotopic (exact) mass is 257 g/mol. The second kappa shape index (κ2) is 4.24. The number of fused-ring (bicyclic) bond motifs is 1. The van der Waals surface area contributed by atoms with Crippen molar-refractivity contribution >= 4 is 34.8 Å². The average Bonchev–Trinajstić information content (AvgIpc) is 2.87. The Bertz CT molecular complexity index is 689. The molecule has 2 heterocycles. The van der Waals surface area contributed by atoms with E-state index in [1.165, 1.54) is 4.90 Å². The van der Waals surface area contributed by atoms with Crippen LogP contribution in [0.2, 0.25) is 0 Å². The number of rotatable bonds is 2. The number of nitrogens with zero attached hydrogens (tertiary/aromatic N) is 1. The lowest BCUT2D eigenvalue weighted by Gasteiger charge is -2.27. The Hall–Kier alpha value is -2.63. The van der Waals surface area contributed by atoms with E-state index in [0.717, 1.165) is 11.7 Å². The van der Waals surface area contributed by atoms with Crippen LogP contribution in [0.3, 0.4) is 0 Å². The number of aromatic amines is 1. The number of amides is 3. The topological polar surface area (TPSA) is 82.3 Å². The molecule has 2 aromatic rings. The predicted octanol–water partition coefficient (Wildman–Crippen LogP) is 1.43. The van der Waals surface area contributed by atoms with E-state index >= 15 is 0 Å². The summed E-state index contributed by atoms with van der Waals surface area (Å²) < 4.78 is 0. The van der Waals surface area contributed by atoms with Crippen molar-refractivity contribution in [2.24, 2.45) is 0 Å². The number of carbonyl (C=O) groups excluding carboxylic acids is 3. The second-order valence-electron chi connectivity index (χ2n) is 4.31. The first-order valence-corrected chi connectivity index (χ1v) is 5.87. The highest BCUT2D eigenvalue weighted by Crippen LogP contribution is 2.28. The number of urea groups is 1. The van der Waals surface area contributed by atoms with Crippen molar-refractivity contribution in [3.63, 3.8) is 0 Å². The van der Waals surface area contributed by atoms with E-state index in [0.29, 0.717) is 23.3 Å². The molecule has 1 aromatic carbocycles. The van der Waals surface area contributed by atoms with Crippen LogP contribution in [0.15, 0.2) is 24.4 Å². The molecule has 0 radical (unpaired) electrons. The third-order valence-electron chi connectivity index (χ3n) is 3.21. The smallest absolute Gasteiger partial charge is 0.328 e. The zero-order valence-corrected chi connectivity index (χ0v) is 9.97. The van der Waals surface area contributed by atoms with Gasteiger partial charge in [-0.25, -0.2) is 4.79 Å². The first-order valence-electron chi connectivity index (χ1n) is 5.87. The molecule has 96 valence electrons.